The number of benzene rings is 1. The molecule has 0 aliphatic carbocycles. The smallest absolute Gasteiger partial charge is 0.327 e. The van der Waals surface area contributed by atoms with Crippen LogP contribution in [0.4, 0.5) is 4.39 Å². The number of thioether (sulfide) groups is 1. The topological polar surface area (TPSA) is 75.7 Å². The van der Waals surface area contributed by atoms with Crippen molar-refractivity contribution in [3.8, 4) is 0 Å². The Morgan fingerprint density at radius 3 is 2.56 bits per heavy atom. The first kappa shape index (κ1) is 19.8. The highest BCUT2D eigenvalue weighted by Crippen LogP contribution is 2.50. The minimum atomic E-state index is -1.28. The monoisotopic (exact) mass is 394 g/mol. The maximum atomic E-state index is 13.4. The molecule has 2 heterocycles. The molecule has 0 radical (unpaired) electrons. The van der Waals surface area contributed by atoms with Crippen molar-refractivity contribution in [2.24, 2.45) is 11.8 Å². The van der Waals surface area contributed by atoms with E-state index in [1.807, 2.05) is 6.26 Å². The first-order valence-electron chi connectivity index (χ1n) is 8.88. The lowest BCUT2D eigenvalue weighted by molar-refractivity contribution is -0.156. The van der Waals surface area contributed by atoms with Gasteiger partial charge in [0.15, 0.2) is 0 Å². The molecule has 2 aliphatic rings. The summed E-state index contributed by atoms with van der Waals surface area (Å²) in [4.78, 5) is 39.8. The number of rotatable bonds is 6. The maximum absolute atomic E-state index is 13.4. The fourth-order valence-corrected chi connectivity index (χ4v) is 4.67. The van der Waals surface area contributed by atoms with Crippen LogP contribution in [0.3, 0.4) is 0 Å². The van der Waals surface area contributed by atoms with Gasteiger partial charge in [0, 0.05) is 13.1 Å². The van der Waals surface area contributed by atoms with E-state index in [9.17, 15) is 18.8 Å². The van der Waals surface area contributed by atoms with E-state index in [1.165, 1.54) is 19.2 Å². The van der Waals surface area contributed by atoms with Gasteiger partial charge < -0.3 is 4.74 Å². The van der Waals surface area contributed by atoms with Crippen molar-refractivity contribution in [2.75, 3.05) is 25.7 Å². The van der Waals surface area contributed by atoms with Crippen molar-refractivity contribution < 1.29 is 23.5 Å². The molecule has 8 heteroatoms. The lowest BCUT2D eigenvalue weighted by Crippen LogP contribution is -2.56. The van der Waals surface area contributed by atoms with Gasteiger partial charge in [-0.3, -0.25) is 24.6 Å². The number of amides is 2. The zero-order valence-corrected chi connectivity index (χ0v) is 16.3. The van der Waals surface area contributed by atoms with Gasteiger partial charge in [0.25, 0.3) is 0 Å². The lowest BCUT2D eigenvalue weighted by Gasteiger charge is -2.32. The van der Waals surface area contributed by atoms with E-state index in [0.29, 0.717) is 17.7 Å². The fourth-order valence-electron chi connectivity index (χ4n) is 4.15. The number of carbonyl (C=O) groups is 3. The van der Waals surface area contributed by atoms with E-state index in [4.69, 9.17) is 4.74 Å². The molecule has 1 N–H and O–H groups in total. The van der Waals surface area contributed by atoms with Crippen molar-refractivity contribution in [3.63, 3.8) is 0 Å². The molecule has 27 heavy (non-hydrogen) atoms. The Bertz CT molecular complexity index is 757. The fraction of sp³-hybridized carbons (Fsp3) is 0.526. The molecule has 2 saturated heterocycles. The number of ether oxygens (including phenoxy) is 1. The average Bonchev–Trinajstić information content (AvgIpc) is 3.11. The van der Waals surface area contributed by atoms with Gasteiger partial charge >= 0.3 is 5.97 Å². The van der Waals surface area contributed by atoms with E-state index in [1.54, 1.807) is 30.8 Å². The summed E-state index contributed by atoms with van der Waals surface area (Å²) in [5.74, 6) is -2.56. The predicted molar refractivity (Wildman–Crippen MR) is 99.4 cm³/mol. The molecule has 1 aromatic carbocycles. The molecule has 6 nitrogen and oxygen atoms in total. The van der Waals surface area contributed by atoms with Crippen molar-refractivity contribution in [3.05, 3.63) is 35.6 Å². The maximum Gasteiger partial charge on any atom is 0.327 e. The average molecular weight is 394 g/mol. The second-order valence-electron chi connectivity index (χ2n) is 6.85. The minimum absolute atomic E-state index is 0.179. The van der Waals surface area contributed by atoms with Gasteiger partial charge in [-0.2, -0.15) is 11.8 Å². The zero-order valence-electron chi connectivity index (χ0n) is 15.5. The summed E-state index contributed by atoms with van der Waals surface area (Å²) >= 11 is 1.55. The van der Waals surface area contributed by atoms with Gasteiger partial charge in [-0.15, -0.1) is 0 Å². The summed E-state index contributed by atoms with van der Waals surface area (Å²) in [6.07, 6.45) is 2.27. The first-order valence-corrected chi connectivity index (χ1v) is 10.3. The third-order valence-corrected chi connectivity index (χ3v) is 6.06. The first-order chi connectivity index (χ1) is 12.9. The number of carbonyl (C=O) groups excluding carboxylic acids is 3. The quantitative estimate of drug-likeness (QED) is 0.585. The van der Waals surface area contributed by atoms with Crippen molar-refractivity contribution >= 4 is 29.5 Å². The van der Waals surface area contributed by atoms with Crippen LogP contribution >= 0.6 is 11.8 Å². The Balaban J connectivity index is 2.10. The van der Waals surface area contributed by atoms with Crippen LogP contribution in [-0.2, 0) is 19.1 Å². The van der Waals surface area contributed by atoms with Gasteiger partial charge in [0.1, 0.15) is 11.4 Å². The number of nitrogens with one attached hydrogen (secondary N) is 1. The Kier molecular flexibility index (Phi) is 5.58. The molecule has 0 bridgehead atoms. The van der Waals surface area contributed by atoms with Crippen LogP contribution in [0.5, 0.6) is 0 Å². The highest BCUT2D eigenvalue weighted by atomic mass is 32.2. The van der Waals surface area contributed by atoms with Crippen molar-refractivity contribution in [2.45, 2.75) is 24.9 Å². The molecule has 2 aliphatic heterocycles. The second kappa shape index (κ2) is 7.59. The lowest BCUT2D eigenvalue weighted by atomic mass is 9.78. The van der Waals surface area contributed by atoms with Gasteiger partial charge in [-0.05, 0) is 43.0 Å². The van der Waals surface area contributed by atoms with Gasteiger partial charge in [-0.25, -0.2) is 4.39 Å². The number of likely N-dealkylation sites (tertiary alicyclic amines) is 1. The van der Waals surface area contributed by atoms with Crippen LogP contribution in [0, 0.1) is 17.7 Å². The molecule has 0 aromatic heterocycles. The van der Waals surface area contributed by atoms with E-state index in [0.717, 1.165) is 4.90 Å². The molecule has 4 atom stereocenters. The molecule has 1 aromatic rings. The summed E-state index contributed by atoms with van der Waals surface area (Å²) in [6.45, 7) is 1.88. The molecule has 2 amide bonds. The highest BCUT2D eigenvalue weighted by molar-refractivity contribution is 7.98. The molecule has 0 unspecified atom stereocenters. The molecule has 146 valence electrons. The molecule has 0 spiro atoms. The van der Waals surface area contributed by atoms with Crippen LogP contribution in [0.25, 0.3) is 0 Å². The largest absolute Gasteiger partial charge is 0.465 e. The molecule has 3 rings (SSSR count). The van der Waals surface area contributed by atoms with Gasteiger partial charge in [0.05, 0.1) is 18.4 Å². The normalized spacial score (nSPS) is 29.9. The molecular formula is C19H23FN2O4S. The summed E-state index contributed by atoms with van der Waals surface area (Å²) in [6, 6.07) is 5.21. The highest BCUT2D eigenvalue weighted by Gasteiger charge is 2.67. The molecule has 0 saturated carbocycles. The molecule has 2 fully saturated rings. The predicted octanol–water partition coefficient (Wildman–Crippen LogP) is 1.76. The SMILES string of the molecule is CCOC(=O)[C@@]1(CCSC)N[C@@H](c2ccc(F)cc2)[C@H]2C(=O)N(C)C(=O)[C@H]21. The van der Waals surface area contributed by atoms with Crippen LogP contribution < -0.4 is 5.32 Å². The standard InChI is InChI=1S/C19H23FN2O4S/c1-4-26-18(25)19(9-10-27-3)14-13(16(23)22(2)17(14)24)15(21-19)11-5-7-12(20)8-6-11/h5-8,13-15,21H,4,9-10H2,1-3H3/t13-,14-,15-,19-/m0/s1. The Morgan fingerprint density at radius 1 is 1.30 bits per heavy atom. The summed E-state index contributed by atoms with van der Waals surface area (Å²) < 4.78 is 18.7. The summed E-state index contributed by atoms with van der Waals surface area (Å²) in [5, 5.41) is 3.26. The zero-order chi connectivity index (χ0) is 19.8. The van der Waals surface area contributed by atoms with E-state index < -0.39 is 35.2 Å². The number of hydrogen-bond acceptors (Lipinski definition) is 6. The van der Waals surface area contributed by atoms with Crippen molar-refractivity contribution in [1.82, 2.24) is 10.2 Å². The van der Waals surface area contributed by atoms with Gasteiger partial charge in [0.2, 0.25) is 11.8 Å². The number of hydrogen-bond donors (Lipinski definition) is 1. The third-order valence-electron chi connectivity index (χ3n) is 5.44. The summed E-state index contributed by atoms with van der Waals surface area (Å²) in [5.41, 5.74) is -0.613. The Labute approximate surface area is 161 Å². The number of nitrogens with zero attached hydrogens (tertiary/aromatic N) is 1. The van der Waals surface area contributed by atoms with E-state index in [2.05, 4.69) is 5.32 Å². The van der Waals surface area contributed by atoms with E-state index in [-0.39, 0.29) is 18.4 Å². The third kappa shape index (κ3) is 3.14. The summed E-state index contributed by atoms with van der Waals surface area (Å²) in [7, 11) is 1.44. The van der Waals surface area contributed by atoms with E-state index >= 15 is 0 Å². The van der Waals surface area contributed by atoms with Crippen LogP contribution in [-0.4, -0.2) is 53.9 Å². The molecular weight excluding hydrogens is 371 g/mol. The Hall–Kier alpha value is -1.93. The number of esters is 1. The van der Waals surface area contributed by atoms with Gasteiger partial charge in [-0.1, -0.05) is 12.1 Å². The Morgan fingerprint density at radius 2 is 1.96 bits per heavy atom. The number of imide groups is 1. The van der Waals surface area contributed by atoms with Crippen LogP contribution in [0.1, 0.15) is 24.9 Å². The number of fused-ring (bicyclic) bond motifs is 1. The van der Waals surface area contributed by atoms with Crippen molar-refractivity contribution in [1.29, 1.82) is 0 Å². The van der Waals surface area contributed by atoms with Crippen LogP contribution in [0.2, 0.25) is 0 Å². The second-order valence-corrected chi connectivity index (χ2v) is 7.83. The van der Waals surface area contributed by atoms with Crippen LogP contribution in [0.15, 0.2) is 24.3 Å². The number of halogens is 1. The minimum Gasteiger partial charge on any atom is -0.465 e.